The van der Waals surface area contributed by atoms with Crippen LogP contribution in [0.15, 0.2) is 22.8 Å². The molecule has 0 aromatic carbocycles. The maximum atomic E-state index is 12.1. The molecule has 0 radical (unpaired) electrons. The maximum Gasteiger partial charge on any atom is 0.449 e. The zero-order valence-corrected chi connectivity index (χ0v) is 8.28. The molecule has 0 spiro atoms. The van der Waals surface area contributed by atoms with Crippen LogP contribution in [0.1, 0.15) is 0 Å². The predicted octanol–water partition coefficient (Wildman–Crippen LogP) is 2.12. The third-order valence-corrected chi connectivity index (χ3v) is 1.89. The summed E-state index contributed by atoms with van der Waals surface area (Å²) in [6, 6.07) is 2.60. The van der Waals surface area contributed by atoms with Crippen LogP contribution < -0.4 is 5.49 Å². The van der Waals surface area contributed by atoms with Gasteiger partial charge < -0.3 is 0 Å². The van der Waals surface area contributed by atoms with Gasteiger partial charge in [-0.3, -0.25) is 15.4 Å². The summed E-state index contributed by atoms with van der Waals surface area (Å²) in [5, 5.41) is 14.0. The number of hydrogen-bond donors (Lipinski definition) is 2. The Morgan fingerprint density at radius 2 is 1.93 bits per heavy atom. The third-order valence-electron chi connectivity index (χ3n) is 1.42. The number of alkyl halides is 3. The van der Waals surface area contributed by atoms with E-state index in [-0.39, 0.29) is 0 Å². The molecule has 0 fully saturated rings. The molecule has 0 aliphatic rings. The highest BCUT2D eigenvalue weighted by atomic mass is 79.9. The van der Waals surface area contributed by atoms with Gasteiger partial charge in [-0.1, -0.05) is 0 Å². The molecular weight excluding hydrogens is 263 g/mol. The molecule has 1 rings (SSSR count). The monoisotopic (exact) mass is 267 g/mol. The van der Waals surface area contributed by atoms with Crippen molar-refractivity contribution in [3.63, 3.8) is 0 Å². The molecule has 0 saturated carbocycles. The first-order valence-corrected chi connectivity index (χ1v) is 4.20. The summed E-state index contributed by atoms with van der Waals surface area (Å²) in [5.41, 5.74) is -0.393. The Morgan fingerprint density at radius 3 is 2.43 bits per heavy atom. The van der Waals surface area contributed by atoms with Crippen molar-refractivity contribution in [1.29, 1.82) is 10.8 Å². The molecule has 0 saturated heterocycles. The summed E-state index contributed by atoms with van der Waals surface area (Å²) in [5.74, 6) is -1.58. The van der Waals surface area contributed by atoms with E-state index in [0.717, 1.165) is 6.20 Å². The first-order chi connectivity index (χ1) is 6.32. The van der Waals surface area contributed by atoms with E-state index in [1.165, 1.54) is 12.1 Å². The summed E-state index contributed by atoms with van der Waals surface area (Å²) in [6.07, 6.45) is -3.72. The first kappa shape index (κ1) is 11.0. The van der Waals surface area contributed by atoms with Crippen LogP contribution in [0.3, 0.4) is 0 Å². The number of aromatic nitrogens is 1. The normalized spacial score (nSPS) is 11.4. The van der Waals surface area contributed by atoms with Gasteiger partial charge in [0.25, 0.3) is 0 Å². The van der Waals surface area contributed by atoms with Gasteiger partial charge in [0, 0.05) is 10.7 Å². The van der Waals surface area contributed by atoms with Crippen LogP contribution in [-0.4, -0.2) is 16.6 Å². The zero-order chi connectivity index (χ0) is 10.9. The lowest BCUT2D eigenvalue weighted by atomic mass is 10.4. The van der Waals surface area contributed by atoms with Gasteiger partial charge in [0.1, 0.15) is 5.49 Å². The average molecular weight is 268 g/mol. The van der Waals surface area contributed by atoms with Crippen molar-refractivity contribution in [2.24, 2.45) is 0 Å². The summed E-state index contributed by atoms with van der Waals surface area (Å²) in [7, 11) is 0. The van der Waals surface area contributed by atoms with Crippen LogP contribution in [0.4, 0.5) is 13.2 Å². The van der Waals surface area contributed by atoms with Crippen molar-refractivity contribution < 1.29 is 13.2 Å². The minimum atomic E-state index is -4.75. The molecule has 0 unspecified atom stereocenters. The summed E-state index contributed by atoms with van der Waals surface area (Å²) in [4.78, 5) is 0. The van der Waals surface area contributed by atoms with E-state index in [4.69, 9.17) is 10.8 Å². The van der Waals surface area contributed by atoms with E-state index >= 15 is 0 Å². The van der Waals surface area contributed by atoms with Crippen LogP contribution in [-0.2, 0) is 0 Å². The second-order valence-corrected chi connectivity index (χ2v) is 3.36. The number of halogens is 4. The fraction of sp³-hybridized carbons (Fsp3) is 0.143. The summed E-state index contributed by atoms with van der Waals surface area (Å²) in [6.45, 7) is 0. The van der Waals surface area contributed by atoms with Gasteiger partial charge in [0.15, 0.2) is 0 Å². The average Bonchev–Trinajstić information content (AvgIpc) is 2.06. The topological polar surface area (TPSA) is 52.6 Å². The molecule has 1 heterocycles. The molecule has 7 heteroatoms. The highest BCUT2D eigenvalue weighted by molar-refractivity contribution is 9.10. The van der Waals surface area contributed by atoms with Crippen molar-refractivity contribution >= 4 is 21.8 Å². The molecule has 0 aliphatic heterocycles. The molecule has 76 valence electrons. The van der Waals surface area contributed by atoms with Crippen LogP contribution >= 0.6 is 15.9 Å². The van der Waals surface area contributed by atoms with Gasteiger partial charge in [0.2, 0.25) is 5.84 Å². The molecule has 0 aliphatic carbocycles. The molecule has 1 aromatic heterocycles. The Hall–Kier alpha value is -1.11. The molecule has 1 aromatic rings. The quantitative estimate of drug-likeness (QED) is 0.535. The number of nitrogens with one attached hydrogen (secondary N) is 2. The SMILES string of the molecule is N=C(n1cc(Br)ccc1=N)C(F)(F)F. The molecular formula is C7H5BrF3N3. The molecule has 2 N–H and O–H groups in total. The molecule has 14 heavy (non-hydrogen) atoms. The molecule has 0 atom stereocenters. The van der Waals surface area contributed by atoms with Gasteiger partial charge in [0.05, 0.1) is 0 Å². The highest BCUT2D eigenvalue weighted by Gasteiger charge is 2.36. The predicted molar refractivity (Wildman–Crippen MR) is 47.2 cm³/mol. The number of nitrogens with zero attached hydrogens (tertiary/aromatic N) is 1. The van der Waals surface area contributed by atoms with E-state index in [2.05, 4.69) is 15.9 Å². The van der Waals surface area contributed by atoms with Crippen LogP contribution in [0.25, 0.3) is 0 Å². The van der Waals surface area contributed by atoms with Gasteiger partial charge in [-0.15, -0.1) is 0 Å². The Balaban J connectivity index is 3.27. The van der Waals surface area contributed by atoms with Crippen molar-refractivity contribution in [3.8, 4) is 0 Å². The van der Waals surface area contributed by atoms with Gasteiger partial charge in [-0.2, -0.15) is 13.2 Å². The minimum Gasteiger partial charge on any atom is -0.284 e. The Morgan fingerprint density at radius 1 is 1.36 bits per heavy atom. The van der Waals surface area contributed by atoms with Crippen molar-refractivity contribution in [2.45, 2.75) is 6.18 Å². The number of pyridine rings is 1. The van der Waals surface area contributed by atoms with E-state index in [0.29, 0.717) is 9.04 Å². The van der Waals surface area contributed by atoms with E-state index < -0.39 is 17.5 Å². The smallest absolute Gasteiger partial charge is 0.284 e. The standard InChI is InChI=1S/C7H5BrF3N3/c8-4-1-2-5(12)14(3-4)6(13)7(9,10)11/h1-3,12-13H. The molecule has 0 amide bonds. The fourth-order valence-corrected chi connectivity index (χ4v) is 1.13. The van der Waals surface area contributed by atoms with Gasteiger partial charge in [-0.25, -0.2) is 0 Å². The second kappa shape index (κ2) is 3.56. The lowest BCUT2D eigenvalue weighted by Crippen LogP contribution is -2.36. The van der Waals surface area contributed by atoms with E-state index in [1.807, 2.05) is 0 Å². The Bertz CT molecular complexity index is 421. The van der Waals surface area contributed by atoms with Gasteiger partial charge >= 0.3 is 6.18 Å². The zero-order valence-electron chi connectivity index (χ0n) is 6.69. The maximum absolute atomic E-state index is 12.1. The molecule has 0 bridgehead atoms. The lowest BCUT2D eigenvalue weighted by molar-refractivity contribution is -0.0626. The van der Waals surface area contributed by atoms with E-state index in [1.54, 1.807) is 0 Å². The molecule has 3 nitrogen and oxygen atoms in total. The van der Waals surface area contributed by atoms with Crippen LogP contribution in [0, 0.1) is 10.8 Å². The summed E-state index contributed by atoms with van der Waals surface area (Å²) < 4.78 is 37.1. The van der Waals surface area contributed by atoms with Crippen molar-refractivity contribution in [3.05, 3.63) is 28.3 Å². The minimum absolute atomic E-state index is 0.377. The van der Waals surface area contributed by atoms with Gasteiger partial charge in [-0.05, 0) is 28.1 Å². The van der Waals surface area contributed by atoms with Crippen molar-refractivity contribution in [1.82, 2.24) is 4.57 Å². The van der Waals surface area contributed by atoms with Crippen molar-refractivity contribution in [2.75, 3.05) is 0 Å². The van der Waals surface area contributed by atoms with Crippen LogP contribution in [0.5, 0.6) is 0 Å². The van der Waals surface area contributed by atoms with E-state index in [9.17, 15) is 13.2 Å². The first-order valence-electron chi connectivity index (χ1n) is 3.41. The Labute approximate surface area is 85.3 Å². The van der Waals surface area contributed by atoms with Crippen LogP contribution in [0.2, 0.25) is 0 Å². The summed E-state index contributed by atoms with van der Waals surface area (Å²) >= 11 is 2.96. The highest BCUT2D eigenvalue weighted by Crippen LogP contribution is 2.17. The third kappa shape index (κ3) is 2.22. The Kier molecular flexibility index (Phi) is 2.79. The second-order valence-electron chi connectivity index (χ2n) is 2.45. The lowest BCUT2D eigenvalue weighted by Gasteiger charge is -2.11. The largest absolute Gasteiger partial charge is 0.449 e. The fourth-order valence-electron chi connectivity index (χ4n) is 0.796. The number of rotatable bonds is 0. The number of hydrogen-bond acceptors (Lipinski definition) is 2.